The summed E-state index contributed by atoms with van der Waals surface area (Å²) in [5, 5.41) is 11.3. The first-order valence-corrected chi connectivity index (χ1v) is 20.2. The number of pyridine rings is 2. The fourth-order valence-electron chi connectivity index (χ4n) is 7.81. The second kappa shape index (κ2) is 17.7. The molecule has 4 heterocycles. The fraction of sp³-hybridized carbons (Fsp3) is 0.111. The summed E-state index contributed by atoms with van der Waals surface area (Å²) >= 11 is 0. The van der Waals surface area contributed by atoms with Crippen molar-refractivity contribution in [1.29, 1.82) is 5.26 Å². The van der Waals surface area contributed by atoms with Gasteiger partial charge in [0.05, 0.1) is 39.8 Å². The number of hydrogen-bond donors (Lipinski definition) is 0. The van der Waals surface area contributed by atoms with E-state index in [9.17, 15) is 5.26 Å². The van der Waals surface area contributed by atoms with E-state index in [0.29, 0.717) is 16.9 Å². The quantitative estimate of drug-likeness (QED) is 0.149. The molecule has 0 aliphatic carbocycles. The number of hydrogen-bond acceptors (Lipinski definition) is 5. The van der Waals surface area contributed by atoms with Gasteiger partial charge in [-0.2, -0.15) is 5.26 Å². The molecule has 1 radical (unpaired) electrons. The number of benzene rings is 6. The van der Waals surface area contributed by atoms with Crippen LogP contribution in [0.2, 0.25) is 0 Å². The van der Waals surface area contributed by atoms with E-state index in [-0.39, 0.29) is 31.9 Å². The Morgan fingerprint density at radius 2 is 1.36 bits per heavy atom. The van der Waals surface area contributed by atoms with E-state index in [4.69, 9.17) is 14.4 Å². The van der Waals surface area contributed by atoms with E-state index in [1.165, 1.54) is 22.3 Å². The number of imidazole rings is 1. The number of fused-ring (bicyclic) bond motifs is 4. The van der Waals surface area contributed by atoms with Crippen molar-refractivity contribution in [3.05, 3.63) is 193 Å². The fourth-order valence-corrected chi connectivity index (χ4v) is 7.81. The van der Waals surface area contributed by atoms with Crippen LogP contribution in [-0.2, 0) is 20.1 Å². The van der Waals surface area contributed by atoms with Crippen LogP contribution in [0.1, 0.15) is 56.2 Å². The van der Waals surface area contributed by atoms with Crippen LogP contribution < -0.4 is 0 Å². The Morgan fingerprint density at radius 1 is 0.623 bits per heavy atom. The van der Waals surface area contributed by atoms with Crippen LogP contribution in [0, 0.1) is 23.5 Å². The summed E-state index contributed by atoms with van der Waals surface area (Å²) in [5.74, 6) is 1.28. The summed E-state index contributed by atoms with van der Waals surface area (Å²) < 4.78 is 8.93. The zero-order chi connectivity index (χ0) is 41.2. The van der Waals surface area contributed by atoms with Gasteiger partial charge >= 0.3 is 0 Å². The molecule has 0 atom stereocenters. The number of nitrogens with zero attached hydrogens (tertiary/aromatic N) is 5. The van der Waals surface area contributed by atoms with Crippen LogP contribution in [0.25, 0.3) is 83.8 Å². The van der Waals surface area contributed by atoms with Gasteiger partial charge in [-0.15, -0.1) is 54.1 Å². The summed E-state index contributed by atoms with van der Waals surface area (Å²) in [4.78, 5) is 14.4. The minimum absolute atomic E-state index is 0. The van der Waals surface area contributed by atoms with Gasteiger partial charge < -0.3 is 14.0 Å². The maximum atomic E-state index is 9.43. The molecule has 0 saturated heterocycles. The Hall–Kier alpha value is -6.97. The van der Waals surface area contributed by atoms with Gasteiger partial charge in [-0.1, -0.05) is 105 Å². The van der Waals surface area contributed by atoms with Crippen molar-refractivity contribution in [2.24, 2.45) is 0 Å². The Morgan fingerprint density at radius 3 is 2.08 bits per heavy atom. The molecule has 10 rings (SSSR count). The molecule has 0 fully saturated rings. The van der Waals surface area contributed by atoms with E-state index in [1.807, 2.05) is 91.0 Å². The first kappa shape index (κ1) is 40.8. The van der Waals surface area contributed by atoms with Gasteiger partial charge in [-0.25, -0.2) is 4.98 Å². The van der Waals surface area contributed by atoms with Crippen molar-refractivity contribution >= 4 is 33.1 Å². The second-order valence-corrected chi connectivity index (χ2v) is 15.4. The molecule has 7 heteroatoms. The Balaban J connectivity index is 0.000000340. The van der Waals surface area contributed by atoms with E-state index in [1.54, 1.807) is 12.3 Å². The van der Waals surface area contributed by atoms with Gasteiger partial charge in [0.25, 0.3) is 0 Å². The molecule has 0 amide bonds. The average Bonchev–Trinajstić information content (AvgIpc) is 3.88. The zero-order valence-electron chi connectivity index (χ0n) is 34.2. The Kier molecular flexibility index (Phi) is 11.8. The predicted molar refractivity (Wildman–Crippen MR) is 243 cm³/mol. The molecule has 0 aliphatic heterocycles. The molecule has 6 aromatic carbocycles. The molecule has 61 heavy (non-hydrogen) atoms. The SMILES string of the molecule is CC(C)c1cc(-c2ccccc2)cc(C(C)C)c1-n1c(-c2[c-]ccc3c2oc2nc(-c4cccc(C#N)c4)ccc23)nc2ccccc21.[Ir].[c-]1ccccc1-c1ccccn1. The van der Waals surface area contributed by atoms with Crippen LogP contribution in [0.4, 0.5) is 0 Å². The van der Waals surface area contributed by atoms with Gasteiger partial charge in [-0.3, -0.25) is 4.98 Å². The van der Waals surface area contributed by atoms with Gasteiger partial charge in [0.2, 0.25) is 5.71 Å². The molecule has 0 unspecified atom stereocenters. The van der Waals surface area contributed by atoms with Crippen LogP contribution in [-0.4, -0.2) is 19.5 Å². The van der Waals surface area contributed by atoms with Crippen molar-refractivity contribution in [3.63, 3.8) is 0 Å². The van der Waals surface area contributed by atoms with E-state index in [0.717, 1.165) is 61.4 Å². The molecule has 0 saturated carbocycles. The number of furan rings is 1. The molecule has 10 aromatic rings. The van der Waals surface area contributed by atoms with Crippen molar-refractivity contribution in [3.8, 4) is 56.8 Å². The first-order valence-electron chi connectivity index (χ1n) is 20.2. The van der Waals surface area contributed by atoms with Gasteiger partial charge in [0.15, 0.2) is 0 Å². The van der Waals surface area contributed by atoms with Gasteiger partial charge in [-0.05, 0) is 94.4 Å². The van der Waals surface area contributed by atoms with Gasteiger partial charge in [0, 0.05) is 42.9 Å². The van der Waals surface area contributed by atoms with Crippen molar-refractivity contribution in [2.75, 3.05) is 0 Å². The largest absolute Gasteiger partial charge is 0.486 e. The van der Waals surface area contributed by atoms with Gasteiger partial charge in [0.1, 0.15) is 0 Å². The third-order valence-electron chi connectivity index (χ3n) is 10.8. The maximum Gasteiger partial charge on any atom is 0.216 e. The van der Waals surface area contributed by atoms with Crippen LogP contribution in [0.5, 0.6) is 0 Å². The third kappa shape index (κ3) is 8.04. The van der Waals surface area contributed by atoms with Crippen LogP contribution in [0.15, 0.2) is 168 Å². The summed E-state index contributed by atoms with van der Waals surface area (Å²) in [7, 11) is 0. The topological polar surface area (TPSA) is 80.5 Å². The summed E-state index contributed by atoms with van der Waals surface area (Å²) in [6.45, 7) is 9.05. The summed E-state index contributed by atoms with van der Waals surface area (Å²) in [6.07, 6.45) is 1.79. The minimum atomic E-state index is 0. The molecule has 0 bridgehead atoms. The number of rotatable bonds is 7. The van der Waals surface area contributed by atoms with E-state index < -0.39 is 0 Å². The van der Waals surface area contributed by atoms with E-state index >= 15 is 0 Å². The molecule has 0 spiro atoms. The monoisotopic (exact) mass is 968 g/mol. The number of nitriles is 1. The first-order chi connectivity index (χ1) is 29.4. The zero-order valence-corrected chi connectivity index (χ0v) is 36.6. The van der Waals surface area contributed by atoms with Crippen LogP contribution >= 0.6 is 0 Å². The van der Waals surface area contributed by atoms with Crippen molar-refractivity contribution in [1.82, 2.24) is 19.5 Å². The third-order valence-corrected chi connectivity index (χ3v) is 10.8. The molecule has 0 aliphatic rings. The maximum absolute atomic E-state index is 9.43. The number of aromatic nitrogens is 4. The standard InChI is InChI=1S/C43H33N4O.C11H8N.Ir/c1-26(2)35-23-31(29-13-6-5-7-14-29)24-36(27(3)4)40(35)47-39-19-9-8-18-38(39)45-42(47)34-17-11-16-32-33-20-21-37(46-43(33)48-41(32)34)30-15-10-12-28(22-30)25-44;1-2-6-10(7-3-1)11-8-4-5-9-12-11;/h5-16,18-24,26-27H,1-4H3;1-6,8-9H;/q2*-1;. The molecule has 299 valence electrons. The summed E-state index contributed by atoms with van der Waals surface area (Å²) in [5.41, 5.74) is 14.2. The molecule has 4 aromatic heterocycles. The normalized spacial score (nSPS) is 11.1. The Labute approximate surface area is 369 Å². The van der Waals surface area contributed by atoms with E-state index in [2.05, 4.69) is 116 Å². The minimum Gasteiger partial charge on any atom is -0.486 e. The molecular formula is C54H41IrN5O-2. The van der Waals surface area contributed by atoms with Crippen LogP contribution in [0.3, 0.4) is 0 Å². The smallest absolute Gasteiger partial charge is 0.216 e. The Bertz CT molecular complexity index is 3100. The number of para-hydroxylation sites is 2. The predicted octanol–water partition coefficient (Wildman–Crippen LogP) is 13.8. The summed E-state index contributed by atoms with van der Waals surface area (Å²) in [6, 6.07) is 61.7. The average molecular weight is 968 g/mol. The van der Waals surface area contributed by atoms with Crippen molar-refractivity contribution in [2.45, 2.75) is 39.5 Å². The molecule has 0 N–H and O–H groups in total. The molecule has 6 nitrogen and oxygen atoms in total. The molecular weight excluding hydrogens is 927 g/mol. The second-order valence-electron chi connectivity index (χ2n) is 15.4. The van der Waals surface area contributed by atoms with Crippen molar-refractivity contribution < 1.29 is 24.5 Å².